The lowest BCUT2D eigenvalue weighted by atomic mass is 9.95. The van der Waals surface area contributed by atoms with Crippen molar-refractivity contribution in [2.45, 2.75) is 33.4 Å². The zero-order chi connectivity index (χ0) is 27.9. The summed E-state index contributed by atoms with van der Waals surface area (Å²) in [5, 5.41) is 11.4. The van der Waals surface area contributed by atoms with Gasteiger partial charge in [-0.3, -0.25) is 9.59 Å². The number of ketones is 1. The van der Waals surface area contributed by atoms with Gasteiger partial charge in [0.15, 0.2) is 0 Å². The van der Waals surface area contributed by atoms with E-state index in [1.54, 1.807) is 48.4 Å². The lowest BCUT2D eigenvalue weighted by Crippen LogP contribution is -2.38. The van der Waals surface area contributed by atoms with Crippen LogP contribution in [0.4, 0.5) is 0 Å². The standard InChI is InChI=1S/C32H36N2O5/c1-5-33(6-2)17-18-34-29(25-11-8-12-27(20-25)38-4)28(31(36)32(34)37)30(35)24-13-15-26(16-14-24)39-21-23-10-7-9-22(3)19-23/h7-16,19-20,29,35H,5-6,17-18,21H2,1-4H3/b30-28+/t29-/m0/s1. The largest absolute Gasteiger partial charge is 0.507 e. The van der Waals surface area contributed by atoms with Gasteiger partial charge >= 0.3 is 0 Å². The fourth-order valence-corrected chi connectivity index (χ4v) is 4.89. The molecule has 0 radical (unpaired) electrons. The van der Waals surface area contributed by atoms with Gasteiger partial charge in [0, 0.05) is 18.7 Å². The molecule has 204 valence electrons. The number of likely N-dealkylation sites (N-methyl/N-ethyl adjacent to an activating group) is 1. The van der Waals surface area contributed by atoms with E-state index < -0.39 is 17.7 Å². The Morgan fingerprint density at radius 3 is 2.33 bits per heavy atom. The van der Waals surface area contributed by atoms with Crippen molar-refractivity contribution < 1.29 is 24.2 Å². The third-order valence-electron chi connectivity index (χ3n) is 7.12. The maximum Gasteiger partial charge on any atom is 0.295 e. The molecule has 39 heavy (non-hydrogen) atoms. The van der Waals surface area contributed by atoms with Crippen molar-refractivity contribution >= 4 is 17.4 Å². The minimum absolute atomic E-state index is 0.0706. The number of carbonyl (C=O) groups is 2. The molecule has 0 spiro atoms. The van der Waals surface area contributed by atoms with Gasteiger partial charge in [0.1, 0.15) is 23.9 Å². The quantitative estimate of drug-likeness (QED) is 0.205. The molecule has 1 heterocycles. The number of Topliss-reactive ketones (excluding diaryl/α,β-unsaturated/α-hetero) is 1. The number of benzene rings is 3. The maximum atomic E-state index is 13.3. The summed E-state index contributed by atoms with van der Waals surface area (Å²) < 4.78 is 11.3. The SMILES string of the molecule is CCN(CC)CCN1C(=O)C(=O)/C(=C(/O)c2ccc(OCc3cccc(C)c3)cc2)[C@@H]1c1cccc(OC)c1. The summed E-state index contributed by atoms with van der Waals surface area (Å²) >= 11 is 0. The van der Waals surface area contributed by atoms with Crippen LogP contribution in [0.1, 0.15) is 42.1 Å². The molecule has 1 aliphatic rings. The molecule has 0 saturated carbocycles. The highest BCUT2D eigenvalue weighted by atomic mass is 16.5. The van der Waals surface area contributed by atoms with E-state index in [2.05, 4.69) is 24.8 Å². The molecule has 3 aromatic rings. The van der Waals surface area contributed by atoms with E-state index in [0.29, 0.717) is 42.3 Å². The van der Waals surface area contributed by atoms with E-state index in [1.165, 1.54) is 0 Å². The summed E-state index contributed by atoms with van der Waals surface area (Å²) in [7, 11) is 1.57. The number of rotatable bonds is 11. The van der Waals surface area contributed by atoms with Gasteiger partial charge in [-0.1, -0.05) is 55.8 Å². The fourth-order valence-electron chi connectivity index (χ4n) is 4.89. The third kappa shape index (κ3) is 6.32. The van der Waals surface area contributed by atoms with Crippen LogP contribution in [-0.4, -0.2) is 59.9 Å². The Labute approximate surface area is 230 Å². The number of aryl methyl sites for hydroxylation is 1. The molecule has 0 unspecified atom stereocenters. The highest BCUT2D eigenvalue weighted by Crippen LogP contribution is 2.40. The minimum Gasteiger partial charge on any atom is -0.507 e. The first-order valence-corrected chi connectivity index (χ1v) is 13.3. The van der Waals surface area contributed by atoms with E-state index in [-0.39, 0.29) is 11.3 Å². The number of hydrogen-bond acceptors (Lipinski definition) is 6. The van der Waals surface area contributed by atoms with Crippen molar-refractivity contribution in [3.63, 3.8) is 0 Å². The number of methoxy groups -OCH3 is 1. The van der Waals surface area contributed by atoms with Crippen LogP contribution in [0.3, 0.4) is 0 Å². The second kappa shape index (κ2) is 12.6. The van der Waals surface area contributed by atoms with Crippen LogP contribution in [0, 0.1) is 6.92 Å². The second-order valence-corrected chi connectivity index (χ2v) is 9.60. The first kappa shape index (κ1) is 27.9. The van der Waals surface area contributed by atoms with Crippen LogP contribution in [0.15, 0.2) is 78.4 Å². The molecule has 1 atom stereocenters. The van der Waals surface area contributed by atoms with Crippen molar-refractivity contribution in [1.29, 1.82) is 0 Å². The molecular formula is C32H36N2O5. The summed E-state index contributed by atoms with van der Waals surface area (Å²) in [5.74, 6) is -0.278. The average Bonchev–Trinajstić information content (AvgIpc) is 3.21. The van der Waals surface area contributed by atoms with Crippen molar-refractivity contribution in [3.05, 3.63) is 101 Å². The van der Waals surface area contributed by atoms with Crippen LogP contribution < -0.4 is 9.47 Å². The third-order valence-corrected chi connectivity index (χ3v) is 7.12. The van der Waals surface area contributed by atoms with Crippen LogP contribution in [-0.2, 0) is 16.2 Å². The summed E-state index contributed by atoms with van der Waals surface area (Å²) in [6.07, 6.45) is 0. The minimum atomic E-state index is -0.729. The summed E-state index contributed by atoms with van der Waals surface area (Å²) in [6, 6.07) is 21.5. The maximum absolute atomic E-state index is 13.3. The van der Waals surface area contributed by atoms with E-state index in [4.69, 9.17) is 9.47 Å². The summed E-state index contributed by atoms with van der Waals surface area (Å²) in [4.78, 5) is 30.3. The van der Waals surface area contributed by atoms with Crippen molar-refractivity contribution in [3.8, 4) is 11.5 Å². The molecule has 1 aliphatic heterocycles. The Morgan fingerprint density at radius 1 is 0.949 bits per heavy atom. The number of amides is 1. The van der Waals surface area contributed by atoms with E-state index in [1.807, 2.05) is 37.3 Å². The van der Waals surface area contributed by atoms with Crippen molar-refractivity contribution in [2.75, 3.05) is 33.3 Å². The van der Waals surface area contributed by atoms with Crippen LogP contribution in [0.5, 0.6) is 11.5 Å². The average molecular weight is 529 g/mol. The van der Waals surface area contributed by atoms with Gasteiger partial charge in [-0.25, -0.2) is 0 Å². The lowest BCUT2D eigenvalue weighted by molar-refractivity contribution is -0.140. The van der Waals surface area contributed by atoms with Gasteiger partial charge in [-0.2, -0.15) is 0 Å². The number of carbonyl (C=O) groups excluding carboxylic acids is 2. The molecule has 0 aromatic heterocycles. The Morgan fingerprint density at radius 2 is 1.67 bits per heavy atom. The first-order valence-electron chi connectivity index (χ1n) is 13.3. The monoisotopic (exact) mass is 528 g/mol. The van der Waals surface area contributed by atoms with Crippen molar-refractivity contribution in [2.24, 2.45) is 0 Å². The number of aliphatic hydroxyl groups is 1. The van der Waals surface area contributed by atoms with Gasteiger partial charge < -0.3 is 24.4 Å². The highest BCUT2D eigenvalue weighted by molar-refractivity contribution is 6.46. The molecule has 0 aliphatic carbocycles. The molecule has 1 N–H and O–H groups in total. The first-order chi connectivity index (χ1) is 18.9. The van der Waals surface area contributed by atoms with Gasteiger partial charge in [0.25, 0.3) is 11.7 Å². The summed E-state index contributed by atoms with van der Waals surface area (Å²) in [6.45, 7) is 9.22. The fraction of sp³-hybridized carbons (Fsp3) is 0.312. The van der Waals surface area contributed by atoms with E-state index in [9.17, 15) is 14.7 Å². The normalized spacial score (nSPS) is 16.6. The predicted molar refractivity (Wildman–Crippen MR) is 152 cm³/mol. The van der Waals surface area contributed by atoms with E-state index in [0.717, 1.165) is 24.2 Å². The number of nitrogens with zero attached hydrogens (tertiary/aromatic N) is 2. The molecular weight excluding hydrogens is 492 g/mol. The lowest BCUT2D eigenvalue weighted by Gasteiger charge is -2.28. The number of hydrogen-bond donors (Lipinski definition) is 1. The zero-order valence-corrected chi connectivity index (χ0v) is 23.0. The zero-order valence-electron chi connectivity index (χ0n) is 23.0. The molecule has 0 bridgehead atoms. The Kier molecular flexibility index (Phi) is 9.04. The van der Waals surface area contributed by atoms with Crippen LogP contribution in [0.2, 0.25) is 0 Å². The molecule has 1 saturated heterocycles. The Hall–Kier alpha value is -4.10. The molecule has 3 aromatic carbocycles. The molecule has 4 rings (SSSR count). The van der Waals surface area contributed by atoms with Gasteiger partial charge in [-0.15, -0.1) is 0 Å². The molecule has 1 fully saturated rings. The van der Waals surface area contributed by atoms with Crippen LogP contribution in [0.25, 0.3) is 5.76 Å². The Balaban J connectivity index is 1.65. The number of ether oxygens (including phenoxy) is 2. The smallest absolute Gasteiger partial charge is 0.295 e. The number of aliphatic hydroxyl groups excluding tert-OH is 1. The topological polar surface area (TPSA) is 79.3 Å². The molecule has 7 nitrogen and oxygen atoms in total. The van der Waals surface area contributed by atoms with Crippen molar-refractivity contribution in [1.82, 2.24) is 9.80 Å². The number of likely N-dealkylation sites (tertiary alicyclic amines) is 1. The second-order valence-electron chi connectivity index (χ2n) is 9.60. The van der Waals surface area contributed by atoms with Gasteiger partial charge in [-0.05, 0) is 67.5 Å². The molecule has 7 heteroatoms. The Bertz CT molecular complexity index is 1340. The predicted octanol–water partition coefficient (Wildman–Crippen LogP) is 5.35. The summed E-state index contributed by atoms with van der Waals surface area (Å²) in [5.41, 5.74) is 3.43. The highest BCUT2D eigenvalue weighted by Gasteiger charge is 2.46. The van der Waals surface area contributed by atoms with Gasteiger partial charge in [0.2, 0.25) is 0 Å². The van der Waals surface area contributed by atoms with E-state index >= 15 is 0 Å². The molecule has 1 amide bonds. The van der Waals surface area contributed by atoms with Crippen LogP contribution >= 0.6 is 0 Å². The van der Waals surface area contributed by atoms with Gasteiger partial charge in [0.05, 0.1) is 18.7 Å².